The molecule has 0 bridgehead atoms. The lowest BCUT2D eigenvalue weighted by molar-refractivity contribution is -0.139. The highest BCUT2D eigenvalue weighted by molar-refractivity contribution is 5.95. The van der Waals surface area contributed by atoms with Crippen molar-refractivity contribution in [2.24, 2.45) is 5.10 Å². The molecule has 2 rings (SSSR count). The molecule has 2 N–H and O–H groups in total. The van der Waals surface area contributed by atoms with Crippen LogP contribution in [0.5, 0.6) is 11.5 Å². The first-order valence-electron chi connectivity index (χ1n) is 7.36. The first-order chi connectivity index (χ1) is 12.1. The monoisotopic (exact) mass is 343 g/mol. The summed E-state index contributed by atoms with van der Waals surface area (Å²) in [4.78, 5) is 26.3. The van der Waals surface area contributed by atoms with Crippen molar-refractivity contribution < 1.29 is 24.2 Å². The lowest BCUT2D eigenvalue weighted by Crippen LogP contribution is -2.21. The zero-order valence-electron chi connectivity index (χ0n) is 13.5. The van der Waals surface area contributed by atoms with Gasteiger partial charge < -0.3 is 14.6 Å². The van der Waals surface area contributed by atoms with E-state index in [4.69, 9.17) is 14.6 Å². The van der Waals surface area contributed by atoms with E-state index in [0.717, 1.165) is 0 Å². The number of nitrogens with zero attached hydrogens (tertiary/aromatic N) is 2. The van der Waals surface area contributed by atoms with Crippen LogP contribution in [0.15, 0.2) is 53.9 Å². The summed E-state index contributed by atoms with van der Waals surface area (Å²) < 4.78 is 10.7. The molecule has 0 aliphatic rings. The molecule has 0 aliphatic carbocycles. The number of amides is 1. The van der Waals surface area contributed by atoms with E-state index >= 15 is 0 Å². The number of benzene rings is 1. The van der Waals surface area contributed by atoms with E-state index in [2.05, 4.69) is 15.5 Å². The van der Waals surface area contributed by atoms with Crippen LogP contribution >= 0.6 is 0 Å². The SMILES string of the molecule is CC(COc1ccccc1OCC(=O)O)=NNC(=O)c1ccncc1. The van der Waals surface area contributed by atoms with E-state index in [-0.39, 0.29) is 12.5 Å². The van der Waals surface area contributed by atoms with Gasteiger partial charge in [0.15, 0.2) is 18.1 Å². The van der Waals surface area contributed by atoms with Crippen molar-refractivity contribution >= 4 is 17.6 Å². The third kappa shape index (κ3) is 5.94. The van der Waals surface area contributed by atoms with Crippen molar-refractivity contribution in [3.63, 3.8) is 0 Å². The van der Waals surface area contributed by atoms with Gasteiger partial charge in [-0.15, -0.1) is 0 Å². The smallest absolute Gasteiger partial charge is 0.341 e. The molecule has 8 nitrogen and oxygen atoms in total. The largest absolute Gasteiger partial charge is 0.484 e. The first-order valence-corrected chi connectivity index (χ1v) is 7.36. The predicted octanol–water partition coefficient (Wildman–Crippen LogP) is 1.73. The highest BCUT2D eigenvalue weighted by Gasteiger charge is 2.07. The van der Waals surface area contributed by atoms with Gasteiger partial charge in [0.2, 0.25) is 0 Å². The van der Waals surface area contributed by atoms with Crippen LogP contribution < -0.4 is 14.9 Å². The fourth-order valence-electron chi connectivity index (χ4n) is 1.76. The van der Waals surface area contributed by atoms with Gasteiger partial charge in [0.25, 0.3) is 5.91 Å². The summed E-state index contributed by atoms with van der Waals surface area (Å²) in [6, 6.07) is 9.86. The van der Waals surface area contributed by atoms with Crippen LogP contribution in [0.2, 0.25) is 0 Å². The quantitative estimate of drug-likeness (QED) is 0.558. The highest BCUT2D eigenvalue weighted by atomic mass is 16.5. The van der Waals surface area contributed by atoms with Gasteiger partial charge in [-0.3, -0.25) is 9.78 Å². The van der Waals surface area contributed by atoms with Crippen LogP contribution in [0.4, 0.5) is 0 Å². The van der Waals surface area contributed by atoms with E-state index in [1.807, 2.05) is 0 Å². The standard InChI is InChI=1S/C17H17N3O5/c1-12(19-20-17(23)13-6-8-18-9-7-13)10-24-14-4-2-3-5-15(14)25-11-16(21)22/h2-9H,10-11H2,1H3,(H,20,23)(H,21,22). The number of rotatable bonds is 8. The summed E-state index contributed by atoms with van der Waals surface area (Å²) in [5.41, 5.74) is 3.39. The van der Waals surface area contributed by atoms with Gasteiger partial charge in [0.1, 0.15) is 6.61 Å². The number of nitrogens with one attached hydrogen (secondary N) is 1. The Bertz CT molecular complexity index is 762. The van der Waals surface area contributed by atoms with E-state index in [9.17, 15) is 9.59 Å². The molecule has 1 amide bonds. The average molecular weight is 343 g/mol. The summed E-state index contributed by atoms with van der Waals surface area (Å²) in [7, 11) is 0. The molecule has 1 aromatic heterocycles. The molecular weight excluding hydrogens is 326 g/mol. The molecule has 0 aliphatic heterocycles. The number of aromatic nitrogens is 1. The van der Waals surface area contributed by atoms with Gasteiger partial charge in [-0.1, -0.05) is 12.1 Å². The second kappa shape index (κ2) is 9.02. The number of ether oxygens (including phenoxy) is 2. The Hall–Kier alpha value is -3.42. The number of carboxylic acids is 1. The summed E-state index contributed by atoms with van der Waals surface area (Å²) in [6.07, 6.45) is 3.03. The number of carbonyl (C=O) groups excluding carboxylic acids is 1. The van der Waals surface area contributed by atoms with Gasteiger partial charge in [-0.25, -0.2) is 10.2 Å². The third-order valence-corrected chi connectivity index (χ3v) is 2.93. The van der Waals surface area contributed by atoms with Gasteiger partial charge in [0, 0.05) is 18.0 Å². The molecule has 0 fully saturated rings. The lowest BCUT2D eigenvalue weighted by Gasteiger charge is -2.11. The number of hydrogen-bond donors (Lipinski definition) is 2. The Labute approximate surface area is 144 Å². The average Bonchev–Trinajstić information content (AvgIpc) is 2.64. The molecule has 2 aromatic rings. The van der Waals surface area contributed by atoms with Crippen molar-refractivity contribution in [3.05, 3.63) is 54.4 Å². The number of hydrazone groups is 1. The molecule has 0 saturated heterocycles. The first kappa shape index (κ1) is 17.9. The fourth-order valence-corrected chi connectivity index (χ4v) is 1.76. The third-order valence-electron chi connectivity index (χ3n) is 2.93. The van der Waals surface area contributed by atoms with Crippen LogP contribution in [0.25, 0.3) is 0 Å². The summed E-state index contributed by atoms with van der Waals surface area (Å²) in [5.74, 6) is -0.726. The van der Waals surface area contributed by atoms with Crippen molar-refractivity contribution in [1.29, 1.82) is 0 Å². The minimum absolute atomic E-state index is 0.101. The molecule has 8 heteroatoms. The lowest BCUT2D eigenvalue weighted by atomic mass is 10.3. The summed E-state index contributed by atoms with van der Waals surface area (Å²) in [6.45, 7) is 1.33. The van der Waals surface area contributed by atoms with E-state index in [1.165, 1.54) is 12.4 Å². The molecule has 130 valence electrons. The minimum Gasteiger partial charge on any atom is -0.484 e. The van der Waals surface area contributed by atoms with Crippen LogP contribution in [0, 0.1) is 0 Å². The maximum absolute atomic E-state index is 11.9. The van der Waals surface area contributed by atoms with E-state index < -0.39 is 12.6 Å². The summed E-state index contributed by atoms with van der Waals surface area (Å²) >= 11 is 0. The fraction of sp³-hybridized carbons (Fsp3) is 0.176. The normalized spacial score (nSPS) is 10.8. The van der Waals surface area contributed by atoms with E-state index in [0.29, 0.717) is 22.8 Å². The molecule has 0 spiro atoms. The van der Waals surface area contributed by atoms with Crippen molar-refractivity contribution in [1.82, 2.24) is 10.4 Å². The van der Waals surface area contributed by atoms with Crippen molar-refractivity contribution in [2.45, 2.75) is 6.92 Å². The van der Waals surface area contributed by atoms with Crippen molar-refractivity contribution in [3.8, 4) is 11.5 Å². The Morgan fingerprint density at radius 3 is 2.28 bits per heavy atom. The molecule has 25 heavy (non-hydrogen) atoms. The topological polar surface area (TPSA) is 110 Å². The second-order valence-corrected chi connectivity index (χ2v) is 4.94. The second-order valence-electron chi connectivity index (χ2n) is 4.94. The van der Waals surface area contributed by atoms with Gasteiger partial charge >= 0.3 is 5.97 Å². The number of hydrogen-bond acceptors (Lipinski definition) is 6. The molecular formula is C17H17N3O5. The molecule has 1 heterocycles. The minimum atomic E-state index is -1.08. The zero-order chi connectivity index (χ0) is 18.1. The maximum atomic E-state index is 11.9. The molecule has 0 saturated carbocycles. The summed E-state index contributed by atoms with van der Waals surface area (Å²) in [5, 5.41) is 12.6. The van der Waals surface area contributed by atoms with E-state index in [1.54, 1.807) is 43.3 Å². The van der Waals surface area contributed by atoms with Crippen LogP contribution in [-0.2, 0) is 4.79 Å². The Balaban J connectivity index is 1.90. The van der Waals surface area contributed by atoms with Crippen molar-refractivity contribution in [2.75, 3.05) is 13.2 Å². The number of para-hydroxylation sites is 2. The predicted molar refractivity (Wildman–Crippen MR) is 89.9 cm³/mol. The van der Waals surface area contributed by atoms with Crippen LogP contribution in [0.1, 0.15) is 17.3 Å². The molecule has 0 atom stereocenters. The number of aliphatic carboxylic acids is 1. The van der Waals surface area contributed by atoms with Crippen LogP contribution in [-0.4, -0.2) is 40.9 Å². The Kier molecular flexibility index (Phi) is 6.47. The zero-order valence-corrected chi connectivity index (χ0v) is 13.5. The highest BCUT2D eigenvalue weighted by Crippen LogP contribution is 2.26. The van der Waals surface area contributed by atoms with Gasteiger partial charge in [-0.05, 0) is 31.2 Å². The van der Waals surface area contributed by atoms with Gasteiger partial charge in [-0.2, -0.15) is 5.10 Å². The van der Waals surface area contributed by atoms with Crippen LogP contribution in [0.3, 0.4) is 0 Å². The van der Waals surface area contributed by atoms with Gasteiger partial charge in [0.05, 0.1) is 5.71 Å². The molecule has 0 unspecified atom stereocenters. The number of carboxylic acid groups (broad SMARTS) is 1. The molecule has 0 radical (unpaired) electrons. The Morgan fingerprint density at radius 1 is 1.08 bits per heavy atom. The molecule has 1 aromatic carbocycles. The maximum Gasteiger partial charge on any atom is 0.341 e. The Morgan fingerprint density at radius 2 is 1.68 bits per heavy atom. The number of carbonyl (C=O) groups is 2. The number of pyridine rings is 1.